The fourth-order valence-corrected chi connectivity index (χ4v) is 0.941. The van der Waals surface area contributed by atoms with Crippen molar-refractivity contribution in [1.29, 1.82) is 0 Å². The number of carbonyl (C=O) groups excluding carboxylic acids is 1. The number of amides is 1. The largest absolute Gasteiger partial charge is 0.442 e. The Balaban J connectivity index is 4.21. The van der Waals surface area contributed by atoms with Crippen LogP contribution in [0.2, 0.25) is 0 Å². The normalized spacial score (nSPS) is 12.5. The van der Waals surface area contributed by atoms with E-state index in [1.807, 2.05) is 6.26 Å². The molecule has 5 heteroatoms. The van der Waals surface area contributed by atoms with Crippen LogP contribution in [0.25, 0.3) is 0 Å². The summed E-state index contributed by atoms with van der Waals surface area (Å²) in [5.41, 5.74) is -0.488. The fourth-order valence-electron chi connectivity index (χ4n) is 0.571. The number of amidine groups is 1. The van der Waals surface area contributed by atoms with E-state index in [1.165, 1.54) is 11.8 Å². The molecule has 0 aromatic carbocycles. The third-order valence-corrected chi connectivity index (χ3v) is 1.68. The van der Waals surface area contributed by atoms with E-state index < -0.39 is 11.7 Å². The van der Waals surface area contributed by atoms with Crippen LogP contribution in [0.3, 0.4) is 0 Å². The quantitative estimate of drug-likeness (QED) is 0.483. The number of carbonyl (C=O) groups is 1. The Morgan fingerprint density at radius 1 is 1.46 bits per heavy atom. The van der Waals surface area contributed by atoms with Crippen molar-refractivity contribution in [3.8, 4) is 0 Å². The first kappa shape index (κ1) is 12.3. The Labute approximate surface area is 83.1 Å². The number of aliphatic imine (C=N–C) groups is 1. The number of rotatable bonds is 0. The van der Waals surface area contributed by atoms with Crippen molar-refractivity contribution < 1.29 is 9.53 Å². The zero-order chi connectivity index (χ0) is 10.5. The maximum atomic E-state index is 11.1. The Kier molecular flexibility index (Phi) is 4.83. The molecule has 0 saturated heterocycles. The van der Waals surface area contributed by atoms with Crippen molar-refractivity contribution in [1.82, 2.24) is 5.32 Å². The molecule has 1 N–H and O–H groups in total. The minimum absolute atomic E-state index is 0.488. The van der Waals surface area contributed by atoms with Gasteiger partial charge in [-0.1, -0.05) is 11.8 Å². The lowest BCUT2D eigenvalue weighted by Gasteiger charge is -2.17. The van der Waals surface area contributed by atoms with Crippen LogP contribution in [0.4, 0.5) is 4.79 Å². The maximum Gasteiger partial charge on any atom is 0.436 e. The second kappa shape index (κ2) is 5.11. The first-order valence-electron chi connectivity index (χ1n) is 3.92. The van der Waals surface area contributed by atoms with Gasteiger partial charge in [-0.2, -0.15) is 4.99 Å². The van der Waals surface area contributed by atoms with Crippen LogP contribution in [0.15, 0.2) is 4.99 Å². The molecule has 0 saturated carbocycles. The van der Waals surface area contributed by atoms with Crippen LogP contribution in [-0.4, -0.2) is 30.2 Å². The van der Waals surface area contributed by atoms with E-state index in [2.05, 4.69) is 10.3 Å². The minimum Gasteiger partial charge on any atom is -0.442 e. The van der Waals surface area contributed by atoms with Crippen molar-refractivity contribution in [2.75, 3.05) is 13.3 Å². The van der Waals surface area contributed by atoms with Gasteiger partial charge in [-0.15, -0.1) is 0 Å². The lowest BCUT2D eigenvalue weighted by molar-refractivity contribution is 0.0604. The van der Waals surface area contributed by atoms with Crippen LogP contribution in [0.5, 0.6) is 0 Å². The fraction of sp³-hybridized carbons (Fsp3) is 0.750. The molecule has 0 spiro atoms. The Morgan fingerprint density at radius 3 is 2.31 bits per heavy atom. The van der Waals surface area contributed by atoms with Crippen LogP contribution < -0.4 is 5.32 Å². The molecule has 4 nitrogen and oxygen atoms in total. The van der Waals surface area contributed by atoms with E-state index in [4.69, 9.17) is 4.74 Å². The SMILES string of the molecule is CN/C(=N\C(=O)OC(C)(C)C)SC. The number of ether oxygens (including phenoxy) is 1. The van der Waals surface area contributed by atoms with E-state index in [0.717, 1.165) is 0 Å². The van der Waals surface area contributed by atoms with E-state index in [9.17, 15) is 4.79 Å². The zero-order valence-electron chi connectivity index (χ0n) is 8.67. The molecule has 0 bridgehead atoms. The smallest absolute Gasteiger partial charge is 0.436 e. The first-order valence-corrected chi connectivity index (χ1v) is 5.15. The highest BCUT2D eigenvalue weighted by atomic mass is 32.2. The van der Waals surface area contributed by atoms with E-state index in [-0.39, 0.29) is 0 Å². The van der Waals surface area contributed by atoms with Gasteiger partial charge in [-0.25, -0.2) is 4.79 Å². The van der Waals surface area contributed by atoms with E-state index >= 15 is 0 Å². The summed E-state index contributed by atoms with van der Waals surface area (Å²) in [6.07, 6.45) is 1.27. The molecule has 0 atom stereocenters. The van der Waals surface area contributed by atoms with Gasteiger partial charge in [-0.05, 0) is 27.0 Å². The molecule has 0 heterocycles. The Bertz CT molecular complexity index is 203. The molecule has 76 valence electrons. The van der Waals surface area contributed by atoms with Gasteiger partial charge >= 0.3 is 6.09 Å². The molecule has 13 heavy (non-hydrogen) atoms. The van der Waals surface area contributed by atoms with Crippen LogP contribution >= 0.6 is 11.8 Å². The molecule has 0 rings (SSSR count). The van der Waals surface area contributed by atoms with Crippen molar-refractivity contribution >= 4 is 23.0 Å². The molecular formula is C8H16N2O2S. The number of nitrogens with zero attached hydrogens (tertiary/aromatic N) is 1. The number of hydrogen-bond donors (Lipinski definition) is 1. The highest BCUT2D eigenvalue weighted by Gasteiger charge is 2.15. The van der Waals surface area contributed by atoms with E-state index in [0.29, 0.717) is 5.17 Å². The predicted octanol–water partition coefficient (Wildman–Crippen LogP) is 1.86. The molecule has 0 fully saturated rings. The van der Waals surface area contributed by atoms with Crippen molar-refractivity contribution in [2.45, 2.75) is 26.4 Å². The van der Waals surface area contributed by atoms with Gasteiger partial charge in [-0.3, -0.25) is 0 Å². The standard InChI is InChI=1S/C8H16N2O2S/c1-8(2,3)12-7(11)10-6(9-4)13-5/h1-5H3,(H,9,10,11). The summed E-state index contributed by atoms with van der Waals surface area (Å²) in [6, 6.07) is 0. The van der Waals surface area contributed by atoms with Gasteiger partial charge in [0, 0.05) is 7.05 Å². The average Bonchev–Trinajstić information content (AvgIpc) is 1.96. The molecule has 0 aromatic rings. The number of thioether (sulfide) groups is 1. The second-order valence-corrected chi connectivity index (χ2v) is 4.15. The van der Waals surface area contributed by atoms with Crippen molar-refractivity contribution in [3.05, 3.63) is 0 Å². The average molecular weight is 204 g/mol. The highest BCUT2D eigenvalue weighted by molar-refractivity contribution is 8.13. The number of hydrogen-bond acceptors (Lipinski definition) is 3. The Hall–Kier alpha value is -0.710. The van der Waals surface area contributed by atoms with Crippen LogP contribution in [-0.2, 0) is 4.74 Å². The Morgan fingerprint density at radius 2 is 2.00 bits per heavy atom. The zero-order valence-corrected chi connectivity index (χ0v) is 9.49. The highest BCUT2D eigenvalue weighted by Crippen LogP contribution is 2.08. The monoisotopic (exact) mass is 204 g/mol. The van der Waals surface area contributed by atoms with Gasteiger partial charge in [0.25, 0.3) is 0 Å². The molecule has 0 radical (unpaired) electrons. The van der Waals surface area contributed by atoms with Gasteiger partial charge in [0.15, 0.2) is 5.17 Å². The molecule has 0 aromatic heterocycles. The summed E-state index contributed by atoms with van der Waals surface area (Å²) in [7, 11) is 1.71. The van der Waals surface area contributed by atoms with Gasteiger partial charge < -0.3 is 10.1 Å². The van der Waals surface area contributed by atoms with Crippen LogP contribution in [0.1, 0.15) is 20.8 Å². The predicted molar refractivity (Wildman–Crippen MR) is 56.2 cm³/mol. The van der Waals surface area contributed by atoms with Crippen molar-refractivity contribution in [2.24, 2.45) is 4.99 Å². The molecule has 0 aliphatic heterocycles. The molecule has 1 amide bonds. The maximum absolute atomic E-state index is 11.1. The molecular weight excluding hydrogens is 188 g/mol. The van der Waals surface area contributed by atoms with Gasteiger partial charge in [0.2, 0.25) is 0 Å². The summed E-state index contributed by atoms with van der Waals surface area (Å²) in [4.78, 5) is 14.8. The number of nitrogens with one attached hydrogen (secondary N) is 1. The van der Waals surface area contributed by atoms with E-state index in [1.54, 1.807) is 27.8 Å². The first-order chi connectivity index (χ1) is 5.89. The van der Waals surface area contributed by atoms with Crippen LogP contribution in [0, 0.1) is 0 Å². The third-order valence-electron chi connectivity index (χ3n) is 0.994. The van der Waals surface area contributed by atoms with Crippen molar-refractivity contribution in [3.63, 3.8) is 0 Å². The minimum atomic E-state index is -0.564. The topological polar surface area (TPSA) is 50.7 Å². The van der Waals surface area contributed by atoms with Gasteiger partial charge in [0.1, 0.15) is 5.60 Å². The molecule has 0 aliphatic carbocycles. The summed E-state index contributed by atoms with van der Waals surface area (Å²) >= 11 is 1.36. The lowest BCUT2D eigenvalue weighted by atomic mass is 10.2. The van der Waals surface area contributed by atoms with Gasteiger partial charge in [0.05, 0.1) is 0 Å². The summed E-state index contributed by atoms with van der Waals surface area (Å²) in [6.45, 7) is 5.41. The summed E-state index contributed by atoms with van der Waals surface area (Å²) in [5, 5.41) is 3.33. The summed E-state index contributed by atoms with van der Waals surface area (Å²) < 4.78 is 4.99. The summed E-state index contributed by atoms with van der Waals surface area (Å²) in [5.74, 6) is 0. The molecule has 0 unspecified atom stereocenters. The second-order valence-electron chi connectivity index (χ2n) is 3.35. The third kappa shape index (κ3) is 6.45. The lowest BCUT2D eigenvalue weighted by Crippen LogP contribution is -2.24. The molecule has 0 aliphatic rings.